The molecule has 274 valence electrons. The quantitative estimate of drug-likeness (QED) is 0.0955. The highest BCUT2D eigenvalue weighted by Gasteiger charge is 2.50. The zero-order valence-corrected chi connectivity index (χ0v) is 29.9. The van der Waals surface area contributed by atoms with Crippen LogP contribution in [0.3, 0.4) is 0 Å². The molecule has 5 rings (SSSR count). The highest BCUT2D eigenvalue weighted by Crippen LogP contribution is 2.32. The van der Waals surface area contributed by atoms with E-state index in [1.807, 2.05) is 91.0 Å². The minimum atomic E-state index is -0.741. The van der Waals surface area contributed by atoms with Crippen LogP contribution < -0.4 is 0 Å². The Balaban J connectivity index is 1.25. The van der Waals surface area contributed by atoms with E-state index in [1.165, 1.54) is 25.7 Å². The topological polar surface area (TPSA) is 83.1 Å². The summed E-state index contributed by atoms with van der Waals surface area (Å²) in [6.07, 6.45) is 3.19. The molecule has 3 aromatic carbocycles. The summed E-state index contributed by atoms with van der Waals surface area (Å²) in [6, 6.07) is 30.3. The van der Waals surface area contributed by atoms with E-state index in [0.29, 0.717) is 33.0 Å². The molecule has 1 unspecified atom stereocenters. The van der Waals surface area contributed by atoms with E-state index in [1.54, 1.807) is 14.2 Å². The lowest BCUT2D eigenvalue weighted by molar-refractivity contribution is -0.214. The van der Waals surface area contributed by atoms with Crippen LogP contribution in [0.4, 0.5) is 0 Å². The van der Waals surface area contributed by atoms with Crippen molar-refractivity contribution in [3.63, 3.8) is 0 Å². The molecule has 2 aliphatic heterocycles. The monoisotopic (exact) mass is 692 g/mol. The van der Waals surface area contributed by atoms with Gasteiger partial charge < -0.3 is 42.6 Å². The van der Waals surface area contributed by atoms with Crippen LogP contribution in [0, 0.1) is 0 Å². The summed E-state index contributed by atoms with van der Waals surface area (Å²) < 4.78 is 56.7. The molecule has 0 amide bonds. The molecule has 9 heteroatoms. The summed E-state index contributed by atoms with van der Waals surface area (Å²) in [5.41, 5.74) is 3.19. The highest BCUT2D eigenvalue weighted by molar-refractivity contribution is 5.15. The number of hydrogen-bond acceptors (Lipinski definition) is 9. The maximum atomic E-state index is 6.58. The molecule has 0 radical (unpaired) electrons. The zero-order chi connectivity index (χ0) is 34.8. The maximum Gasteiger partial charge on any atom is 0.187 e. The molecule has 2 saturated heterocycles. The molecule has 0 spiro atoms. The lowest BCUT2D eigenvalue weighted by Gasteiger charge is -2.26. The number of benzene rings is 3. The fourth-order valence-electron chi connectivity index (χ4n) is 6.50. The van der Waals surface area contributed by atoms with Gasteiger partial charge in [-0.1, -0.05) is 130 Å². The predicted octanol–water partition coefficient (Wildman–Crippen LogP) is 7.25. The Morgan fingerprint density at radius 2 is 0.980 bits per heavy atom. The molecular weight excluding hydrogens is 636 g/mol. The van der Waals surface area contributed by atoms with Gasteiger partial charge in [0.25, 0.3) is 0 Å². The third-order valence-corrected chi connectivity index (χ3v) is 9.25. The van der Waals surface area contributed by atoms with Crippen molar-refractivity contribution in [2.45, 2.75) is 114 Å². The second kappa shape index (κ2) is 21.6. The van der Waals surface area contributed by atoms with Gasteiger partial charge in [0.05, 0.1) is 33.0 Å². The third-order valence-electron chi connectivity index (χ3n) is 9.25. The summed E-state index contributed by atoms with van der Waals surface area (Å²) in [6.45, 7) is 4.55. The Morgan fingerprint density at radius 1 is 0.480 bits per heavy atom. The average Bonchev–Trinajstić information content (AvgIpc) is 3.68. The Labute approximate surface area is 298 Å². The first-order chi connectivity index (χ1) is 24.7. The molecule has 2 aliphatic rings. The number of unbranched alkanes of at least 4 members (excludes halogenated alkanes) is 5. The van der Waals surface area contributed by atoms with Crippen LogP contribution >= 0.6 is 0 Å². The van der Waals surface area contributed by atoms with E-state index < -0.39 is 37.0 Å². The van der Waals surface area contributed by atoms with Gasteiger partial charge in [0.15, 0.2) is 12.6 Å². The summed E-state index contributed by atoms with van der Waals surface area (Å²) in [4.78, 5) is 0. The molecular formula is C41H56O9. The Kier molecular flexibility index (Phi) is 16.7. The molecule has 50 heavy (non-hydrogen) atoms. The van der Waals surface area contributed by atoms with Gasteiger partial charge in [-0.05, 0) is 23.1 Å². The Bertz CT molecular complexity index is 1300. The maximum absolute atomic E-state index is 6.58. The van der Waals surface area contributed by atoms with Crippen LogP contribution in [-0.4, -0.2) is 83.2 Å². The van der Waals surface area contributed by atoms with Gasteiger partial charge in [-0.2, -0.15) is 0 Å². The minimum absolute atomic E-state index is 0.189. The zero-order valence-electron chi connectivity index (χ0n) is 29.9. The van der Waals surface area contributed by atoms with Crippen LogP contribution in [0.1, 0.15) is 62.1 Å². The van der Waals surface area contributed by atoms with Crippen LogP contribution in [0.15, 0.2) is 91.0 Å². The summed E-state index contributed by atoms with van der Waals surface area (Å²) >= 11 is 0. The van der Waals surface area contributed by atoms with Crippen molar-refractivity contribution in [3.05, 3.63) is 108 Å². The van der Waals surface area contributed by atoms with E-state index in [9.17, 15) is 0 Å². The second-order valence-electron chi connectivity index (χ2n) is 13.0. The molecule has 0 bridgehead atoms. The summed E-state index contributed by atoms with van der Waals surface area (Å²) in [5, 5.41) is 0. The number of ether oxygens (including phenoxy) is 9. The van der Waals surface area contributed by atoms with E-state index >= 15 is 0 Å². The van der Waals surface area contributed by atoms with Crippen molar-refractivity contribution >= 4 is 0 Å². The molecule has 9 nitrogen and oxygen atoms in total. The summed E-state index contributed by atoms with van der Waals surface area (Å²) in [5.74, 6) is 0. The highest BCUT2D eigenvalue weighted by atomic mass is 16.8. The number of hydrogen-bond donors (Lipinski definition) is 0. The van der Waals surface area contributed by atoms with E-state index in [4.69, 9.17) is 42.6 Å². The Morgan fingerprint density at radius 3 is 1.56 bits per heavy atom. The van der Waals surface area contributed by atoms with Crippen molar-refractivity contribution < 1.29 is 42.6 Å². The van der Waals surface area contributed by atoms with Gasteiger partial charge >= 0.3 is 0 Å². The molecule has 8 atom stereocenters. The van der Waals surface area contributed by atoms with Crippen LogP contribution in [-0.2, 0) is 62.5 Å². The van der Waals surface area contributed by atoms with E-state index in [2.05, 4.69) is 6.92 Å². The van der Waals surface area contributed by atoms with Gasteiger partial charge in [-0.25, -0.2) is 0 Å². The van der Waals surface area contributed by atoms with Crippen LogP contribution in [0.25, 0.3) is 0 Å². The van der Waals surface area contributed by atoms with Crippen LogP contribution in [0.2, 0.25) is 0 Å². The van der Waals surface area contributed by atoms with E-state index in [-0.39, 0.29) is 18.8 Å². The molecule has 2 fully saturated rings. The van der Waals surface area contributed by atoms with Gasteiger partial charge in [0, 0.05) is 20.8 Å². The van der Waals surface area contributed by atoms with Crippen molar-refractivity contribution in [1.29, 1.82) is 0 Å². The van der Waals surface area contributed by atoms with Crippen molar-refractivity contribution in [2.24, 2.45) is 0 Å². The second-order valence-corrected chi connectivity index (χ2v) is 13.0. The van der Waals surface area contributed by atoms with Gasteiger partial charge in [0.1, 0.15) is 36.6 Å². The van der Waals surface area contributed by atoms with Crippen molar-refractivity contribution in [1.82, 2.24) is 0 Å². The first-order valence-corrected chi connectivity index (χ1v) is 18.2. The fourth-order valence-corrected chi connectivity index (χ4v) is 6.50. The standard InChI is InChI=1S/C41H56O9/c1-4-5-6-7-8-18-25-45-40-38(43-3)36(42-2)35(50-40)30-48-41-39(47-28-33-23-16-11-17-24-33)37(46-27-32-21-14-10-15-22-32)34(49-41)29-44-26-31-19-12-9-13-20-31/h9-17,19-24,34-41H,4-8,18,25-30H2,1-3H3/t34-,35?,36-,37-,38-,39-,40+,41-/m1/s1. The van der Waals surface area contributed by atoms with Gasteiger partial charge in [-0.15, -0.1) is 0 Å². The van der Waals surface area contributed by atoms with E-state index in [0.717, 1.165) is 29.5 Å². The molecule has 0 N–H and O–H groups in total. The molecule has 0 aromatic heterocycles. The smallest absolute Gasteiger partial charge is 0.187 e. The molecule has 0 saturated carbocycles. The summed E-state index contributed by atoms with van der Waals surface area (Å²) in [7, 11) is 3.32. The molecule has 3 aromatic rings. The normalized spacial score (nSPS) is 26.5. The lowest BCUT2D eigenvalue weighted by Crippen LogP contribution is -2.41. The minimum Gasteiger partial charge on any atom is -0.376 e. The first-order valence-electron chi connectivity index (χ1n) is 18.2. The van der Waals surface area contributed by atoms with Gasteiger partial charge in [0.2, 0.25) is 0 Å². The predicted molar refractivity (Wildman–Crippen MR) is 190 cm³/mol. The average molecular weight is 693 g/mol. The first kappa shape index (κ1) is 38.5. The van der Waals surface area contributed by atoms with Crippen molar-refractivity contribution in [2.75, 3.05) is 34.0 Å². The van der Waals surface area contributed by atoms with Crippen molar-refractivity contribution in [3.8, 4) is 0 Å². The molecule has 2 heterocycles. The largest absolute Gasteiger partial charge is 0.376 e. The lowest BCUT2D eigenvalue weighted by atomic mass is 10.1. The van der Waals surface area contributed by atoms with Crippen LogP contribution in [0.5, 0.6) is 0 Å². The SMILES string of the molecule is CCCCCCCCO[C@H]1OC(CO[C@@H]2O[C@H](COCc3ccccc3)[C@@H](OCc3ccccc3)[C@H]2OCc2ccccc2)[C@@H](OC)[C@H]1OC. The fraction of sp³-hybridized carbons (Fsp3) is 0.561. The third kappa shape index (κ3) is 11.7. The van der Waals surface area contributed by atoms with Gasteiger partial charge in [-0.3, -0.25) is 0 Å². The molecule has 0 aliphatic carbocycles. The number of methoxy groups -OCH3 is 2. The Hall–Kier alpha value is -2.70. The number of rotatable bonds is 23.